The summed E-state index contributed by atoms with van der Waals surface area (Å²) in [5.74, 6) is 1.14. The van der Waals surface area contributed by atoms with E-state index >= 15 is 0 Å². The number of likely N-dealkylation sites (N-methyl/N-ethyl adjacent to an activating group) is 1. The van der Waals surface area contributed by atoms with Gasteiger partial charge >= 0.3 is 0 Å². The van der Waals surface area contributed by atoms with Crippen LogP contribution in [0.15, 0.2) is 18.2 Å². The standard InChI is InChI=1S/C16H24N2O2/c1-4-18(5-2)16(19)11-17-10-14-9-13-8-12(3)6-7-15(13)20-14/h6-8,14,17H,4-5,9-11H2,1-3H3. The van der Waals surface area contributed by atoms with Gasteiger partial charge in [-0.2, -0.15) is 0 Å². The lowest BCUT2D eigenvalue weighted by molar-refractivity contribution is -0.129. The highest BCUT2D eigenvalue weighted by molar-refractivity contribution is 5.78. The van der Waals surface area contributed by atoms with Gasteiger partial charge in [0.2, 0.25) is 5.91 Å². The van der Waals surface area contributed by atoms with Gasteiger partial charge in [0.15, 0.2) is 0 Å². The van der Waals surface area contributed by atoms with Crippen molar-refractivity contribution in [3.8, 4) is 5.75 Å². The average molecular weight is 276 g/mol. The van der Waals surface area contributed by atoms with Gasteiger partial charge in [-0.05, 0) is 32.4 Å². The number of aryl methyl sites for hydroxylation is 1. The number of ether oxygens (including phenoxy) is 1. The van der Waals surface area contributed by atoms with E-state index in [1.54, 1.807) is 0 Å². The molecule has 1 unspecified atom stereocenters. The first kappa shape index (κ1) is 14.9. The fraction of sp³-hybridized carbons (Fsp3) is 0.562. The van der Waals surface area contributed by atoms with E-state index in [9.17, 15) is 4.79 Å². The molecule has 20 heavy (non-hydrogen) atoms. The van der Waals surface area contributed by atoms with Crippen molar-refractivity contribution in [3.05, 3.63) is 29.3 Å². The van der Waals surface area contributed by atoms with Crippen molar-refractivity contribution in [2.24, 2.45) is 0 Å². The van der Waals surface area contributed by atoms with Gasteiger partial charge in [0, 0.05) is 26.1 Å². The lowest BCUT2D eigenvalue weighted by atomic mass is 10.1. The lowest BCUT2D eigenvalue weighted by Crippen LogP contribution is -2.40. The maximum atomic E-state index is 11.9. The van der Waals surface area contributed by atoms with Crippen LogP contribution < -0.4 is 10.1 Å². The van der Waals surface area contributed by atoms with Crippen molar-refractivity contribution in [1.82, 2.24) is 10.2 Å². The van der Waals surface area contributed by atoms with E-state index < -0.39 is 0 Å². The summed E-state index contributed by atoms with van der Waals surface area (Å²) >= 11 is 0. The van der Waals surface area contributed by atoms with Gasteiger partial charge in [-0.3, -0.25) is 4.79 Å². The first-order valence-corrected chi connectivity index (χ1v) is 7.38. The molecule has 0 radical (unpaired) electrons. The average Bonchev–Trinajstić information content (AvgIpc) is 2.82. The molecule has 0 aromatic heterocycles. The molecule has 1 aliphatic heterocycles. The van der Waals surface area contributed by atoms with E-state index in [0.29, 0.717) is 13.1 Å². The van der Waals surface area contributed by atoms with Gasteiger partial charge in [-0.25, -0.2) is 0 Å². The first-order valence-electron chi connectivity index (χ1n) is 7.38. The second-order valence-corrected chi connectivity index (χ2v) is 5.25. The molecule has 0 fully saturated rings. The van der Waals surface area contributed by atoms with Crippen molar-refractivity contribution < 1.29 is 9.53 Å². The molecule has 0 aliphatic carbocycles. The van der Waals surface area contributed by atoms with E-state index in [4.69, 9.17) is 4.74 Å². The van der Waals surface area contributed by atoms with E-state index in [1.165, 1.54) is 11.1 Å². The molecule has 0 saturated heterocycles. The minimum atomic E-state index is 0.135. The third-order valence-electron chi connectivity index (χ3n) is 3.72. The highest BCUT2D eigenvalue weighted by atomic mass is 16.5. The number of rotatable bonds is 6. The number of amides is 1. The number of hydrogen-bond donors (Lipinski definition) is 1. The third kappa shape index (κ3) is 3.51. The zero-order valence-corrected chi connectivity index (χ0v) is 12.6. The number of benzene rings is 1. The van der Waals surface area contributed by atoms with Gasteiger partial charge < -0.3 is 15.0 Å². The first-order chi connectivity index (χ1) is 9.63. The summed E-state index contributed by atoms with van der Waals surface area (Å²) in [4.78, 5) is 13.7. The van der Waals surface area contributed by atoms with Crippen LogP contribution in [-0.4, -0.2) is 43.1 Å². The number of carbonyl (C=O) groups is 1. The summed E-state index contributed by atoms with van der Waals surface area (Å²) in [5, 5.41) is 3.21. The van der Waals surface area contributed by atoms with E-state index in [1.807, 2.05) is 24.8 Å². The summed E-state index contributed by atoms with van der Waals surface area (Å²) < 4.78 is 5.87. The highest BCUT2D eigenvalue weighted by Gasteiger charge is 2.22. The Morgan fingerprint density at radius 3 is 2.85 bits per heavy atom. The Labute approximate surface area is 121 Å². The number of carbonyl (C=O) groups excluding carboxylic acids is 1. The molecule has 4 heteroatoms. The smallest absolute Gasteiger partial charge is 0.236 e. The molecule has 1 amide bonds. The quantitative estimate of drug-likeness (QED) is 0.861. The minimum Gasteiger partial charge on any atom is -0.488 e. The number of fused-ring (bicyclic) bond motifs is 1. The van der Waals surface area contributed by atoms with Gasteiger partial charge in [-0.1, -0.05) is 17.7 Å². The van der Waals surface area contributed by atoms with Crippen molar-refractivity contribution in [3.63, 3.8) is 0 Å². The van der Waals surface area contributed by atoms with E-state index in [0.717, 1.165) is 25.3 Å². The summed E-state index contributed by atoms with van der Waals surface area (Å²) in [6.07, 6.45) is 1.06. The van der Waals surface area contributed by atoms with Crippen LogP contribution in [0, 0.1) is 6.92 Å². The Bertz CT molecular complexity index is 470. The maximum absolute atomic E-state index is 11.9. The minimum absolute atomic E-state index is 0.135. The number of nitrogens with one attached hydrogen (secondary N) is 1. The summed E-state index contributed by atoms with van der Waals surface area (Å²) in [6.45, 7) is 8.72. The molecular weight excluding hydrogens is 252 g/mol. The van der Waals surface area contributed by atoms with Crippen LogP contribution in [0.1, 0.15) is 25.0 Å². The normalized spacial score (nSPS) is 16.6. The van der Waals surface area contributed by atoms with Crippen molar-refractivity contribution >= 4 is 5.91 Å². The van der Waals surface area contributed by atoms with Crippen LogP contribution in [0.2, 0.25) is 0 Å². The zero-order valence-electron chi connectivity index (χ0n) is 12.6. The van der Waals surface area contributed by atoms with Crippen LogP contribution >= 0.6 is 0 Å². The molecule has 1 aromatic carbocycles. The van der Waals surface area contributed by atoms with Crippen LogP contribution in [0.5, 0.6) is 5.75 Å². The number of nitrogens with zero attached hydrogens (tertiary/aromatic N) is 1. The molecule has 1 N–H and O–H groups in total. The van der Waals surface area contributed by atoms with Crippen LogP contribution in [0.25, 0.3) is 0 Å². The second kappa shape index (κ2) is 6.75. The molecule has 0 bridgehead atoms. The van der Waals surface area contributed by atoms with Crippen LogP contribution in [-0.2, 0) is 11.2 Å². The van der Waals surface area contributed by atoms with E-state index in [2.05, 4.69) is 24.4 Å². The monoisotopic (exact) mass is 276 g/mol. The molecule has 4 nitrogen and oxygen atoms in total. The molecule has 1 aliphatic rings. The summed E-state index contributed by atoms with van der Waals surface area (Å²) in [6, 6.07) is 6.28. The maximum Gasteiger partial charge on any atom is 0.236 e. The van der Waals surface area contributed by atoms with Crippen LogP contribution in [0.4, 0.5) is 0 Å². The Morgan fingerprint density at radius 2 is 2.15 bits per heavy atom. The van der Waals surface area contributed by atoms with Gasteiger partial charge in [0.1, 0.15) is 11.9 Å². The molecule has 0 saturated carbocycles. The summed E-state index contributed by atoms with van der Waals surface area (Å²) in [7, 11) is 0. The van der Waals surface area contributed by atoms with E-state index in [-0.39, 0.29) is 12.0 Å². The SMILES string of the molecule is CCN(CC)C(=O)CNCC1Cc2cc(C)ccc2O1. The fourth-order valence-corrected chi connectivity index (χ4v) is 2.59. The topological polar surface area (TPSA) is 41.6 Å². The Kier molecular flexibility index (Phi) is 5.01. The Balaban J connectivity index is 1.76. The summed E-state index contributed by atoms with van der Waals surface area (Å²) in [5.41, 5.74) is 2.53. The van der Waals surface area contributed by atoms with Gasteiger partial charge in [0.25, 0.3) is 0 Å². The Morgan fingerprint density at radius 1 is 1.40 bits per heavy atom. The zero-order chi connectivity index (χ0) is 14.5. The van der Waals surface area contributed by atoms with Crippen LogP contribution in [0.3, 0.4) is 0 Å². The molecule has 1 heterocycles. The van der Waals surface area contributed by atoms with Crippen molar-refractivity contribution in [1.29, 1.82) is 0 Å². The van der Waals surface area contributed by atoms with Crippen molar-refractivity contribution in [2.75, 3.05) is 26.2 Å². The molecule has 110 valence electrons. The van der Waals surface area contributed by atoms with Gasteiger partial charge in [0.05, 0.1) is 6.54 Å². The van der Waals surface area contributed by atoms with Gasteiger partial charge in [-0.15, -0.1) is 0 Å². The van der Waals surface area contributed by atoms with Crippen molar-refractivity contribution in [2.45, 2.75) is 33.3 Å². The predicted octanol–water partition coefficient (Wildman–Crippen LogP) is 1.76. The predicted molar refractivity (Wildman–Crippen MR) is 80.1 cm³/mol. The molecule has 0 spiro atoms. The largest absolute Gasteiger partial charge is 0.488 e. The number of hydrogen-bond acceptors (Lipinski definition) is 3. The fourth-order valence-electron chi connectivity index (χ4n) is 2.59. The second-order valence-electron chi connectivity index (χ2n) is 5.25. The molecule has 1 aromatic rings. The molecule has 1 atom stereocenters. The molecule has 2 rings (SSSR count). The Hall–Kier alpha value is -1.55. The highest BCUT2D eigenvalue weighted by Crippen LogP contribution is 2.29. The lowest BCUT2D eigenvalue weighted by Gasteiger charge is -2.19. The molecular formula is C16H24N2O2. The third-order valence-corrected chi connectivity index (χ3v) is 3.72.